The molecule has 2 atom stereocenters. The number of hydrogen-bond acceptors (Lipinski definition) is 4. The molecule has 0 bridgehead atoms. The molecule has 1 amide bonds. The fourth-order valence-corrected chi connectivity index (χ4v) is 2.40. The van der Waals surface area contributed by atoms with E-state index in [1.807, 2.05) is 37.4 Å². The molecule has 112 valence electrons. The Bertz CT molecular complexity index is 409. The molecule has 0 saturated carbocycles. The molecule has 0 aliphatic rings. The lowest BCUT2D eigenvalue weighted by molar-refractivity contribution is -0.123. The Labute approximate surface area is 125 Å². The average molecular weight is 296 g/mol. The molecular formula is C15H24N2O2S. The molecule has 1 rings (SSSR count). The van der Waals surface area contributed by atoms with Gasteiger partial charge in [-0.15, -0.1) is 0 Å². The van der Waals surface area contributed by atoms with E-state index in [4.69, 9.17) is 10.5 Å². The van der Waals surface area contributed by atoms with Crippen LogP contribution < -0.4 is 15.8 Å². The molecule has 0 spiro atoms. The van der Waals surface area contributed by atoms with Crippen LogP contribution in [0.4, 0.5) is 0 Å². The first-order valence-electron chi connectivity index (χ1n) is 6.81. The van der Waals surface area contributed by atoms with Gasteiger partial charge in [-0.05, 0) is 42.5 Å². The Balaban J connectivity index is 2.63. The first-order valence-corrected chi connectivity index (χ1v) is 8.20. The molecule has 4 nitrogen and oxygen atoms in total. The van der Waals surface area contributed by atoms with Gasteiger partial charge in [-0.2, -0.15) is 11.8 Å². The van der Waals surface area contributed by atoms with Crippen molar-refractivity contribution in [1.29, 1.82) is 0 Å². The lowest BCUT2D eigenvalue weighted by Gasteiger charge is -2.20. The van der Waals surface area contributed by atoms with Crippen molar-refractivity contribution in [3.63, 3.8) is 0 Å². The summed E-state index contributed by atoms with van der Waals surface area (Å²) in [7, 11) is 1.64. The number of amides is 1. The van der Waals surface area contributed by atoms with Crippen LogP contribution in [0.5, 0.6) is 5.75 Å². The number of carbonyl (C=O) groups excluding carboxylic acids is 1. The zero-order valence-electron chi connectivity index (χ0n) is 12.4. The summed E-state index contributed by atoms with van der Waals surface area (Å²) in [5.74, 6) is 1.63. The highest BCUT2D eigenvalue weighted by Gasteiger charge is 2.17. The van der Waals surface area contributed by atoms with Crippen molar-refractivity contribution >= 4 is 17.7 Å². The van der Waals surface area contributed by atoms with E-state index in [0.717, 1.165) is 23.5 Å². The van der Waals surface area contributed by atoms with E-state index in [0.29, 0.717) is 6.42 Å². The van der Waals surface area contributed by atoms with E-state index in [1.165, 1.54) is 0 Å². The molecule has 1 aromatic carbocycles. The standard InChI is InChI=1S/C15H24N2O2S/c1-4-14(11-5-7-12(19-2)8-6-11)17-15(18)13(16)9-10-20-3/h5-8,13-14H,4,9-10,16H2,1-3H3,(H,17,18)/t13-,14?/m1/s1. The summed E-state index contributed by atoms with van der Waals surface area (Å²) in [5, 5.41) is 3.02. The van der Waals surface area contributed by atoms with Crippen LogP contribution in [-0.4, -0.2) is 31.1 Å². The van der Waals surface area contributed by atoms with Crippen molar-refractivity contribution in [1.82, 2.24) is 5.32 Å². The summed E-state index contributed by atoms with van der Waals surface area (Å²) < 4.78 is 5.14. The Morgan fingerprint density at radius 1 is 1.40 bits per heavy atom. The van der Waals surface area contributed by atoms with E-state index in [-0.39, 0.29) is 11.9 Å². The second-order valence-electron chi connectivity index (χ2n) is 4.63. The van der Waals surface area contributed by atoms with E-state index in [1.54, 1.807) is 18.9 Å². The second kappa shape index (κ2) is 8.87. The highest BCUT2D eigenvalue weighted by Crippen LogP contribution is 2.20. The summed E-state index contributed by atoms with van der Waals surface area (Å²) >= 11 is 1.70. The SMILES string of the molecule is CCC(NC(=O)[C@H](N)CCSC)c1ccc(OC)cc1. The van der Waals surface area contributed by atoms with Crippen LogP contribution in [0.3, 0.4) is 0 Å². The van der Waals surface area contributed by atoms with Gasteiger partial charge in [0.15, 0.2) is 0 Å². The van der Waals surface area contributed by atoms with Gasteiger partial charge in [0.1, 0.15) is 5.75 Å². The monoisotopic (exact) mass is 296 g/mol. The van der Waals surface area contributed by atoms with Gasteiger partial charge in [0.2, 0.25) is 5.91 Å². The van der Waals surface area contributed by atoms with Crippen molar-refractivity contribution < 1.29 is 9.53 Å². The Hall–Kier alpha value is -1.20. The third-order valence-electron chi connectivity index (χ3n) is 3.21. The van der Waals surface area contributed by atoms with Gasteiger partial charge in [-0.1, -0.05) is 19.1 Å². The number of methoxy groups -OCH3 is 1. The van der Waals surface area contributed by atoms with Gasteiger partial charge in [-0.3, -0.25) is 4.79 Å². The Kier molecular flexibility index (Phi) is 7.47. The first-order chi connectivity index (χ1) is 9.62. The van der Waals surface area contributed by atoms with Crippen LogP contribution in [0.1, 0.15) is 31.4 Å². The summed E-state index contributed by atoms with van der Waals surface area (Å²) in [6.45, 7) is 2.04. The smallest absolute Gasteiger partial charge is 0.237 e. The summed E-state index contributed by atoms with van der Waals surface area (Å²) in [5.41, 5.74) is 6.95. The maximum Gasteiger partial charge on any atom is 0.237 e. The molecular weight excluding hydrogens is 272 g/mol. The van der Waals surface area contributed by atoms with Gasteiger partial charge in [0, 0.05) is 0 Å². The van der Waals surface area contributed by atoms with Crippen molar-refractivity contribution in [2.24, 2.45) is 5.73 Å². The van der Waals surface area contributed by atoms with Crippen molar-refractivity contribution in [2.45, 2.75) is 31.8 Å². The number of rotatable bonds is 8. The number of benzene rings is 1. The van der Waals surface area contributed by atoms with Crippen LogP contribution in [-0.2, 0) is 4.79 Å². The zero-order chi connectivity index (χ0) is 15.0. The largest absolute Gasteiger partial charge is 0.497 e. The quantitative estimate of drug-likeness (QED) is 0.773. The van der Waals surface area contributed by atoms with Crippen LogP contribution in [0.2, 0.25) is 0 Å². The predicted molar refractivity (Wildman–Crippen MR) is 85.1 cm³/mol. The van der Waals surface area contributed by atoms with E-state index in [2.05, 4.69) is 5.32 Å². The van der Waals surface area contributed by atoms with Crippen LogP contribution in [0.25, 0.3) is 0 Å². The molecule has 0 heterocycles. The molecule has 1 aromatic rings. The third kappa shape index (κ3) is 5.06. The minimum atomic E-state index is -0.435. The number of nitrogens with one attached hydrogen (secondary N) is 1. The molecule has 0 aromatic heterocycles. The number of nitrogens with two attached hydrogens (primary N) is 1. The normalized spacial score (nSPS) is 13.6. The molecule has 20 heavy (non-hydrogen) atoms. The van der Waals surface area contributed by atoms with Gasteiger partial charge in [-0.25, -0.2) is 0 Å². The van der Waals surface area contributed by atoms with Gasteiger partial charge >= 0.3 is 0 Å². The predicted octanol–water partition coefficient (Wildman–Crippen LogP) is 2.34. The fraction of sp³-hybridized carbons (Fsp3) is 0.533. The van der Waals surface area contributed by atoms with E-state index < -0.39 is 6.04 Å². The fourth-order valence-electron chi connectivity index (χ4n) is 1.91. The molecule has 0 saturated heterocycles. The van der Waals surface area contributed by atoms with Crippen molar-refractivity contribution in [3.05, 3.63) is 29.8 Å². The Morgan fingerprint density at radius 2 is 2.05 bits per heavy atom. The second-order valence-corrected chi connectivity index (χ2v) is 5.62. The van der Waals surface area contributed by atoms with E-state index >= 15 is 0 Å². The van der Waals surface area contributed by atoms with Crippen LogP contribution >= 0.6 is 11.8 Å². The van der Waals surface area contributed by atoms with Gasteiger partial charge in [0.05, 0.1) is 19.2 Å². The number of carbonyl (C=O) groups is 1. The summed E-state index contributed by atoms with van der Waals surface area (Å²) in [4.78, 5) is 12.0. The molecule has 0 aliphatic heterocycles. The third-order valence-corrected chi connectivity index (χ3v) is 3.86. The van der Waals surface area contributed by atoms with Gasteiger partial charge < -0.3 is 15.8 Å². The first kappa shape index (κ1) is 16.9. The number of thioether (sulfide) groups is 1. The molecule has 3 N–H and O–H groups in total. The molecule has 5 heteroatoms. The minimum Gasteiger partial charge on any atom is -0.497 e. The van der Waals surface area contributed by atoms with Gasteiger partial charge in [0.25, 0.3) is 0 Å². The topological polar surface area (TPSA) is 64.4 Å². The molecule has 0 aliphatic carbocycles. The zero-order valence-corrected chi connectivity index (χ0v) is 13.2. The summed E-state index contributed by atoms with van der Waals surface area (Å²) in [6, 6.07) is 7.31. The van der Waals surface area contributed by atoms with Crippen molar-refractivity contribution in [2.75, 3.05) is 19.1 Å². The summed E-state index contributed by atoms with van der Waals surface area (Å²) in [6.07, 6.45) is 3.54. The van der Waals surface area contributed by atoms with E-state index in [9.17, 15) is 4.79 Å². The lowest BCUT2D eigenvalue weighted by atomic mass is 10.0. The lowest BCUT2D eigenvalue weighted by Crippen LogP contribution is -2.42. The maximum absolute atomic E-state index is 12.0. The van der Waals surface area contributed by atoms with Crippen LogP contribution in [0, 0.1) is 0 Å². The van der Waals surface area contributed by atoms with Crippen molar-refractivity contribution in [3.8, 4) is 5.75 Å². The molecule has 0 fully saturated rings. The molecule has 1 unspecified atom stereocenters. The number of hydrogen-bond donors (Lipinski definition) is 2. The van der Waals surface area contributed by atoms with Crippen LogP contribution in [0.15, 0.2) is 24.3 Å². The number of ether oxygens (including phenoxy) is 1. The molecule has 0 radical (unpaired) electrons. The average Bonchev–Trinajstić information content (AvgIpc) is 2.50. The Morgan fingerprint density at radius 3 is 2.55 bits per heavy atom. The highest BCUT2D eigenvalue weighted by atomic mass is 32.2. The maximum atomic E-state index is 12.0. The minimum absolute atomic E-state index is 0.00580. The highest BCUT2D eigenvalue weighted by molar-refractivity contribution is 7.98.